The first-order valence-electron chi connectivity index (χ1n) is 6.82. The van der Waals surface area contributed by atoms with E-state index in [0.717, 1.165) is 0 Å². The van der Waals surface area contributed by atoms with E-state index in [0.29, 0.717) is 29.1 Å². The molecule has 0 fully saturated rings. The minimum absolute atomic E-state index is 0.0200. The maximum atomic E-state index is 12.6. The van der Waals surface area contributed by atoms with Gasteiger partial charge in [0.1, 0.15) is 11.5 Å². The topological polar surface area (TPSA) is 93.1 Å². The summed E-state index contributed by atoms with van der Waals surface area (Å²) in [6.07, 6.45) is 1.94. The standard InChI is InChI=1S/C15H21O6P/c1-4-5-11(8-9-22(17,18)19)15(16)13-7-6-12(20-2)10-14(13)21-3/h5-7,10H,4,8-9H2,1-3H3,(H2,17,18,19)/b11-5-. The van der Waals surface area contributed by atoms with Crippen LogP contribution in [0.25, 0.3) is 0 Å². The summed E-state index contributed by atoms with van der Waals surface area (Å²) in [6.45, 7) is 1.86. The van der Waals surface area contributed by atoms with Crippen LogP contribution in [0.4, 0.5) is 0 Å². The Kier molecular flexibility index (Phi) is 6.81. The molecule has 2 N–H and O–H groups in total. The van der Waals surface area contributed by atoms with E-state index < -0.39 is 7.60 Å². The molecule has 122 valence electrons. The molecule has 22 heavy (non-hydrogen) atoms. The number of hydrogen-bond donors (Lipinski definition) is 2. The maximum absolute atomic E-state index is 12.6. The molecular formula is C15H21O6P. The van der Waals surface area contributed by atoms with Gasteiger partial charge in [0.25, 0.3) is 0 Å². The van der Waals surface area contributed by atoms with E-state index in [2.05, 4.69) is 0 Å². The van der Waals surface area contributed by atoms with Crippen LogP contribution in [0, 0.1) is 0 Å². The van der Waals surface area contributed by atoms with Crippen LogP contribution in [0.5, 0.6) is 11.5 Å². The van der Waals surface area contributed by atoms with E-state index in [1.165, 1.54) is 14.2 Å². The Morgan fingerprint density at radius 2 is 1.95 bits per heavy atom. The number of benzene rings is 1. The quantitative estimate of drug-likeness (QED) is 0.433. The van der Waals surface area contributed by atoms with E-state index in [9.17, 15) is 9.36 Å². The zero-order valence-electron chi connectivity index (χ0n) is 12.9. The monoisotopic (exact) mass is 328 g/mol. The number of carbonyl (C=O) groups excluding carboxylic acids is 1. The average molecular weight is 328 g/mol. The summed E-state index contributed by atoms with van der Waals surface area (Å²) in [5.41, 5.74) is 0.711. The van der Waals surface area contributed by atoms with E-state index in [4.69, 9.17) is 19.3 Å². The summed E-state index contributed by atoms with van der Waals surface area (Å²) < 4.78 is 21.3. The molecule has 0 aliphatic carbocycles. The Labute approximate surface area is 129 Å². The van der Waals surface area contributed by atoms with E-state index >= 15 is 0 Å². The van der Waals surface area contributed by atoms with Gasteiger partial charge in [-0.1, -0.05) is 13.0 Å². The third-order valence-electron chi connectivity index (χ3n) is 3.07. The third kappa shape index (κ3) is 5.30. The molecule has 0 bridgehead atoms. The molecular weight excluding hydrogens is 307 g/mol. The average Bonchev–Trinajstić information content (AvgIpc) is 2.49. The lowest BCUT2D eigenvalue weighted by molar-refractivity contribution is 0.102. The molecule has 1 rings (SSSR count). The first-order valence-corrected chi connectivity index (χ1v) is 8.62. The molecule has 0 amide bonds. The molecule has 1 aromatic rings. The van der Waals surface area contributed by atoms with Crippen molar-refractivity contribution in [2.75, 3.05) is 20.4 Å². The first-order chi connectivity index (χ1) is 10.3. The fourth-order valence-electron chi connectivity index (χ4n) is 1.98. The van der Waals surface area contributed by atoms with Crippen molar-refractivity contribution in [2.45, 2.75) is 19.8 Å². The highest BCUT2D eigenvalue weighted by Gasteiger charge is 2.21. The Balaban J connectivity index is 3.09. The first kappa shape index (κ1) is 18.4. The molecule has 0 spiro atoms. The number of allylic oxidation sites excluding steroid dienone is 2. The number of ketones is 1. The van der Waals surface area contributed by atoms with Gasteiger partial charge in [0.15, 0.2) is 5.78 Å². The van der Waals surface area contributed by atoms with Gasteiger partial charge < -0.3 is 19.3 Å². The summed E-state index contributed by atoms with van der Waals surface area (Å²) in [7, 11) is -1.19. The maximum Gasteiger partial charge on any atom is 0.325 e. The smallest absolute Gasteiger partial charge is 0.325 e. The number of methoxy groups -OCH3 is 2. The number of Topliss-reactive ketones (excluding diaryl/α,β-unsaturated/α-hetero) is 1. The number of ether oxygens (including phenoxy) is 2. The summed E-state index contributed by atoms with van der Waals surface area (Å²) in [4.78, 5) is 30.6. The molecule has 0 saturated carbocycles. The van der Waals surface area contributed by atoms with E-state index in [1.807, 2.05) is 6.92 Å². The SMILES string of the molecule is CC/C=C(/CCP(=O)(O)O)C(=O)c1ccc(OC)cc1OC. The molecule has 0 aliphatic heterocycles. The molecule has 6 nitrogen and oxygen atoms in total. The van der Waals surface area contributed by atoms with Gasteiger partial charge in [-0.2, -0.15) is 0 Å². The number of hydrogen-bond acceptors (Lipinski definition) is 4. The van der Waals surface area contributed by atoms with Crippen LogP contribution in [0.2, 0.25) is 0 Å². The second kappa shape index (κ2) is 8.13. The summed E-state index contributed by atoms with van der Waals surface area (Å²) in [5.74, 6) is 0.627. The lowest BCUT2D eigenvalue weighted by Gasteiger charge is -2.12. The molecule has 1 aromatic carbocycles. The second-order valence-corrected chi connectivity index (χ2v) is 6.45. The van der Waals surface area contributed by atoms with Gasteiger partial charge in [-0.15, -0.1) is 0 Å². The van der Waals surface area contributed by atoms with Crippen LogP contribution in [-0.4, -0.2) is 36.0 Å². The van der Waals surface area contributed by atoms with Crippen molar-refractivity contribution in [3.63, 3.8) is 0 Å². The summed E-state index contributed by atoms with van der Waals surface area (Å²) in [6, 6.07) is 4.82. The van der Waals surface area contributed by atoms with Gasteiger partial charge in [0.2, 0.25) is 0 Å². The Hall–Kier alpha value is -1.62. The van der Waals surface area contributed by atoms with Crippen molar-refractivity contribution >= 4 is 13.4 Å². The van der Waals surface area contributed by atoms with E-state index in [1.54, 1.807) is 24.3 Å². The lowest BCUT2D eigenvalue weighted by Crippen LogP contribution is -2.08. The molecule has 0 atom stereocenters. The van der Waals surface area contributed by atoms with Crippen LogP contribution < -0.4 is 9.47 Å². The Morgan fingerprint density at radius 3 is 2.45 bits per heavy atom. The molecule has 7 heteroatoms. The zero-order chi connectivity index (χ0) is 16.8. The minimum Gasteiger partial charge on any atom is -0.497 e. The normalized spacial score (nSPS) is 12.1. The predicted octanol–water partition coefficient (Wildman–Crippen LogP) is 2.79. The highest BCUT2D eigenvalue weighted by atomic mass is 31.2. The number of rotatable bonds is 8. The van der Waals surface area contributed by atoms with Crippen LogP contribution in [0.1, 0.15) is 30.1 Å². The fraction of sp³-hybridized carbons (Fsp3) is 0.400. The highest BCUT2D eigenvalue weighted by molar-refractivity contribution is 7.51. The van der Waals surface area contributed by atoms with Gasteiger partial charge in [0, 0.05) is 6.07 Å². The van der Waals surface area contributed by atoms with Crippen LogP contribution >= 0.6 is 7.60 Å². The molecule has 0 radical (unpaired) electrons. The predicted molar refractivity (Wildman–Crippen MR) is 83.8 cm³/mol. The molecule has 0 aromatic heterocycles. The Bertz CT molecular complexity index is 602. The Morgan fingerprint density at radius 1 is 1.27 bits per heavy atom. The largest absolute Gasteiger partial charge is 0.497 e. The van der Waals surface area contributed by atoms with Gasteiger partial charge >= 0.3 is 7.60 Å². The molecule has 0 heterocycles. The van der Waals surface area contributed by atoms with E-state index in [-0.39, 0.29) is 18.4 Å². The fourth-order valence-corrected chi connectivity index (χ4v) is 2.51. The zero-order valence-corrected chi connectivity index (χ0v) is 13.8. The van der Waals surface area contributed by atoms with Crippen molar-refractivity contribution < 1.29 is 28.6 Å². The molecule has 0 aliphatic rings. The van der Waals surface area contributed by atoms with Crippen LogP contribution in [0.15, 0.2) is 29.8 Å². The van der Waals surface area contributed by atoms with Gasteiger partial charge in [0.05, 0.1) is 25.9 Å². The number of carbonyl (C=O) groups is 1. The van der Waals surface area contributed by atoms with Crippen molar-refractivity contribution in [1.29, 1.82) is 0 Å². The molecule has 0 saturated heterocycles. The summed E-state index contributed by atoms with van der Waals surface area (Å²) in [5, 5.41) is 0. The van der Waals surface area contributed by atoms with Gasteiger partial charge in [-0.05, 0) is 30.5 Å². The van der Waals surface area contributed by atoms with Crippen LogP contribution in [0.3, 0.4) is 0 Å². The highest BCUT2D eigenvalue weighted by Crippen LogP contribution is 2.37. The van der Waals surface area contributed by atoms with Gasteiger partial charge in [-0.25, -0.2) is 0 Å². The minimum atomic E-state index is -4.15. The summed E-state index contributed by atoms with van der Waals surface area (Å²) >= 11 is 0. The second-order valence-electron chi connectivity index (χ2n) is 4.67. The third-order valence-corrected chi connectivity index (χ3v) is 3.87. The van der Waals surface area contributed by atoms with Crippen LogP contribution in [-0.2, 0) is 4.57 Å². The molecule has 0 unspecified atom stereocenters. The van der Waals surface area contributed by atoms with Gasteiger partial charge in [-0.3, -0.25) is 9.36 Å². The van der Waals surface area contributed by atoms with Crippen molar-refractivity contribution in [3.8, 4) is 11.5 Å². The van der Waals surface area contributed by atoms with Crippen molar-refractivity contribution in [1.82, 2.24) is 0 Å². The van der Waals surface area contributed by atoms with Crippen molar-refractivity contribution in [2.24, 2.45) is 0 Å². The lowest BCUT2D eigenvalue weighted by atomic mass is 9.99. The van der Waals surface area contributed by atoms with Crippen molar-refractivity contribution in [3.05, 3.63) is 35.4 Å².